The number of aliphatic hydroxyl groups is 1. The van der Waals surface area contributed by atoms with Crippen molar-refractivity contribution in [3.8, 4) is 0 Å². The Balaban J connectivity index is 2.01. The predicted molar refractivity (Wildman–Crippen MR) is 69.5 cm³/mol. The van der Waals surface area contributed by atoms with E-state index < -0.39 is 5.69 Å². The van der Waals surface area contributed by atoms with Crippen LogP contribution in [0, 0.1) is 0 Å². The highest BCUT2D eigenvalue weighted by Crippen LogP contribution is 2.09. The molecule has 0 atom stereocenters. The summed E-state index contributed by atoms with van der Waals surface area (Å²) in [6.07, 6.45) is 2.88. The van der Waals surface area contributed by atoms with Crippen molar-refractivity contribution in [2.45, 2.75) is 13.2 Å². The molecule has 1 aromatic heterocycles. The fraction of sp³-hybridized carbons (Fsp3) is 0.154. The van der Waals surface area contributed by atoms with Gasteiger partial charge in [0, 0.05) is 18.1 Å². The Morgan fingerprint density at radius 3 is 2.68 bits per heavy atom. The van der Waals surface area contributed by atoms with E-state index in [9.17, 15) is 9.59 Å². The fourth-order valence-corrected chi connectivity index (χ4v) is 1.56. The zero-order valence-corrected chi connectivity index (χ0v) is 10.1. The first-order valence-corrected chi connectivity index (χ1v) is 5.70. The van der Waals surface area contributed by atoms with E-state index in [4.69, 9.17) is 5.11 Å². The van der Waals surface area contributed by atoms with Gasteiger partial charge in [-0.15, -0.1) is 0 Å². The Bertz CT molecular complexity index is 620. The summed E-state index contributed by atoms with van der Waals surface area (Å²) in [7, 11) is 0. The first-order valence-electron chi connectivity index (χ1n) is 5.70. The molecule has 2 rings (SSSR count). The lowest BCUT2D eigenvalue weighted by Crippen LogP contribution is -2.28. The number of aromatic nitrogens is 2. The molecule has 0 spiro atoms. The van der Waals surface area contributed by atoms with Gasteiger partial charge in [0.05, 0.1) is 6.61 Å². The summed E-state index contributed by atoms with van der Waals surface area (Å²) >= 11 is 0. The van der Waals surface area contributed by atoms with Crippen LogP contribution in [-0.4, -0.2) is 20.6 Å². The molecule has 1 amide bonds. The lowest BCUT2D eigenvalue weighted by atomic mass is 10.2. The van der Waals surface area contributed by atoms with E-state index in [0.29, 0.717) is 5.69 Å². The van der Waals surface area contributed by atoms with Crippen LogP contribution in [-0.2, 0) is 17.9 Å². The van der Waals surface area contributed by atoms with Gasteiger partial charge in [0.15, 0.2) is 0 Å². The molecule has 1 aromatic carbocycles. The number of aliphatic hydroxyl groups excluding tert-OH is 1. The fourth-order valence-electron chi connectivity index (χ4n) is 1.56. The third kappa shape index (κ3) is 3.49. The number of hydrogen-bond acceptors (Lipinski definition) is 4. The van der Waals surface area contributed by atoms with Crippen LogP contribution in [0.5, 0.6) is 0 Å². The Labute approximate surface area is 109 Å². The number of nitrogens with zero attached hydrogens (tertiary/aromatic N) is 2. The zero-order valence-electron chi connectivity index (χ0n) is 10.1. The molecule has 2 N–H and O–H groups in total. The molecule has 0 unspecified atom stereocenters. The summed E-state index contributed by atoms with van der Waals surface area (Å²) < 4.78 is 1.22. The highest BCUT2D eigenvalue weighted by atomic mass is 16.3. The Morgan fingerprint density at radius 2 is 2.05 bits per heavy atom. The van der Waals surface area contributed by atoms with Gasteiger partial charge in [0.25, 0.3) is 0 Å². The van der Waals surface area contributed by atoms with Crippen molar-refractivity contribution in [2.24, 2.45) is 0 Å². The summed E-state index contributed by atoms with van der Waals surface area (Å²) in [6.45, 7) is -0.131. The molecule has 0 bridgehead atoms. The van der Waals surface area contributed by atoms with Crippen LogP contribution in [0.4, 0.5) is 5.69 Å². The number of amides is 1. The molecule has 98 valence electrons. The van der Waals surface area contributed by atoms with Gasteiger partial charge >= 0.3 is 5.69 Å². The maximum Gasteiger partial charge on any atom is 0.347 e. The monoisotopic (exact) mass is 259 g/mol. The maximum atomic E-state index is 11.7. The maximum absolute atomic E-state index is 11.7. The quantitative estimate of drug-likeness (QED) is 0.831. The molecule has 0 aliphatic heterocycles. The molecule has 6 heteroatoms. The van der Waals surface area contributed by atoms with Crippen LogP contribution in [0.2, 0.25) is 0 Å². The van der Waals surface area contributed by atoms with Gasteiger partial charge in [-0.25, -0.2) is 9.78 Å². The molecule has 2 aromatic rings. The van der Waals surface area contributed by atoms with Crippen molar-refractivity contribution < 1.29 is 9.90 Å². The van der Waals surface area contributed by atoms with E-state index in [1.54, 1.807) is 30.3 Å². The SMILES string of the molecule is O=C(Cn1cccnc1=O)Nc1ccc(CO)cc1. The molecule has 0 radical (unpaired) electrons. The number of carbonyl (C=O) groups excluding carboxylic acids is 1. The molecular formula is C13H13N3O3. The van der Waals surface area contributed by atoms with Crippen molar-refractivity contribution in [3.05, 3.63) is 58.8 Å². The molecule has 0 saturated heterocycles. The van der Waals surface area contributed by atoms with E-state index in [2.05, 4.69) is 10.3 Å². The summed E-state index contributed by atoms with van der Waals surface area (Å²) in [5, 5.41) is 11.6. The van der Waals surface area contributed by atoms with Crippen molar-refractivity contribution in [3.63, 3.8) is 0 Å². The second-order valence-electron chi connectivity index (χ2n) is 3.93. The summed E-state index contributed by atoms with van der Waals surface area (Å²) in [4.78, 5) is 26.6. The van der Waals surface area contributed by atoms with Crippen LogP contribution in [0.3, 0.4) is 0 Å². The number of nitrogens with one attached hydrogen (secondary N) is 1. The number of hydrogen-bond donors (Lipinski definition) is 2. The minimum Gasteiger partial charge on any atom is -0.392 e. The summed E-state index contributed by atoms with van der Waals surface area (Å²) in [6, 6.07) is 8.40. The number of carbonyl (C=O) groups is 1. The average molecular weight is 259 g/mol. The van der Waals surface area contributed by atoms with E-state index in [-0.39, 0.29) is 19.1 Å². The number of benzene rings is 1. The summed E-state index contributed by atoms with van der Waals surface area (Å²) in [5.74, 6) is -0.313. The van der Waals surface area contributed by atoms with Gasteiger partial charge < -0.3 is 10.4 Å². The molecule has 0 saturated carbocycles. The third-order valence-electron chi connectivity index (χ3n) is 2.52. The highest BCUT2D eigenvalue weighted by molar-refractivity contribution is 5.90. The van der Waals surface area contributed by atoms with Crippen LogP contribution in [0.1, 0.15) is 5.56 Å². The van der Waals surface area contributed by atoms with Crippen LogP contribution < -0.4 is 11.0 Å². The molecule has 0 aliphatic rings. The largest absolute Gasteiger partial charge is 0.392 e. The Hall–Kier alpha value is -2.47. The first-order chi connectivity index (χ1) is 9.19. The van der Waals surface area contributed by atoms with Crippen LogP contribution >= 0.6 is 0 Å². The van der Waals surface area contributed by atoms with E-state index in [1.807, 2.05) is 0 Å². The second kappa shape index (κ2) is 5.92. The minimum atomic E-state index is -0.465. The normalized spacial score (nSPS) is 10.2. The lowest BCUT2D eigenvalue weighted by molar-refractivity contribution is -0.116. The molecule has 0 fully saturated rings. The van der Waals surface area contributed by atoms with Crippen LogP contribution in [0.15, 0.2) is 47.5 Å². The smallest absolute Gasteiger partial charge is 0.347 e. The summed E-state index contributed by atoms with van der Waals surface area (Å²) in [5.41, 5.74) is 0.911. The van der Waals surface area contributed by atoms with Gasteiger partial charge in [-0.3, -0.25) is 9.36 Å². The molecule has 19 heavy (non-hydrogen) atoms. The molecule has 0 aliphatic carbocycles. The van der Waals surface area contributed by atoms with Crippen molar-refractivity contribution in [1.29, 1.82) is 0 Å². The number of anilines is 1. The standard InChI is InChI=1S/C13H13N3O3/c17-9-10-2-4-11(5-3-10)15-12(18)8-16-7-1-6-14-13(16)19/h1-7,17H,8-9H2,(H,15,18). The zero-order chi connectivity index (χ0) is 13.7. The molecular weight excluding hydrogens is 246 g/mol. The van der Waals surface area contributed by atoms with Crippen molar-refractivity contribution >= 4 is 11.6 Å². The van der Waals surface area contributed by atoms with Gasteiger partial charge in [0.2, 0.25) is 5.91 Å². The average Bonchev–Trinajstić information content (AvgIpc) is 2.42. The first kappa shape index (κ1) is 13.0. The van der Waals surface area contributed by atoms with Gasteiger partial charge in [-0.05, 0) is 23.8 Å². The van der Waals surface area contributed by atoms with Gasteiger partial charge in [-0.2, -0.15) is 0 Å². The van der Waals surface area contributed by atoms with E-state index in [0.717, 1.165) is 5.56 Å². The molecule has 6 nitrogen and oxygen atoms in total. The minimum absolute atomic E-state index is 0.0424. The van der Waals surface area contributed by atoms with E-state index in [1.165, 1.54) is 17.0 Å². The molecule has 1 heterocycles. The second-order valence-corrected chi connectivity index (χ2v) is 3.93. The van der Waals surface area contributed by atoms with Crippen molar-refractivity contribution in [2.75, 3.05) is 5.32 Å². The van der Waals surface area contributed by atoms with Gasteiger partial charge in [-0.1, -0.05) is 12.1 Å². The Kier molecular flexibility index (Phi) is 4.04. The third-order valence-corrected chi connectivity index (χ3v) is 2.52. The van der Waals surface area contributed by atoms with Gasteiger partial charge in [0.1, 0.15) is 6.54 Å². The number of rotatable bonds is 4. The van der Waals surface area contributed by atoms with E-state index >= 15 is 0 Å². The predicted octanol–water partition coefficient (Wildman–Crippen LogP) is 0.374. The lowest BCUT2D eigenvalue weighted by Gasteiger charge is -2.07. The topological polar surface area (TPSA) is 84.2 Å². The van der Waals surface area contributed by atoms with Crippen molar-refractivity contribution in [1.82, 2.24) is 9.55 Å². The highest BCUT2D eigenvalue weighted by Gasteiger charge is 2.05. The van der Waals surface area contributed by atoms with Crippen LogP contribution in [0.25, 0.3) is 0 Å². The Morgan fingerprint density at radius 1 is 1.32 bits per heavy atom.